The molecule has 3 N–H and O–H groups in total. The largest absolute Gasteiger partial charge is 0.496 e. The van der Waals surface area contributed by atoms with Crippen LogP contribution >= 0.6 is 12.4 Å². The monoisotopic (exact) mass is 326 g/mol. The predicted octanol–water partition coefficient (Wildman–Crippen LogP) is 3.20. The normalized spacial score (nSPS) is 25.7. The fourth-order valence-electron chi connectivity index (χ4n) is 3.20. The van der Waals surface area contributed by atoms with Gasteiger partial charge in [-0.15, -0.1) is 12.4 Å². The summed E-state index contributed by atoms with van der Waals surface area (Å²) in [5.41, 5.74) is 6.90. The van der Waals surface area contributed by atoms with Gasteiger partial charge in [-0.1, -0.05) is 31.0 Å². The second kappa shape index (κ2) is 7.84. The van der Waals surface area contributed by atoms with Crippen LogP contribution in [0.4, 0.5) is 0 Å². The van der Waals surface area contributed by atoms with Gasteiger partial charge < -0.3 is 15.8 Å². The molecule has 0 spiro atoms. The van der Waals surface area contributed by atoms with Gasteiger partial charge in [-0.3, -0.25) is 4.79 Å². The number of nitrogens with one attached hydrogen (secondary N) is 1. The maximum atomic E-state index is 12.6. The van der Waals surface area contributed by atoms with Gasteiger partial charge in [-0.2, -0.15) is 0 Å². The standard InChI is InChI=1S/C17H26N2O2.ClH/c1-12(13-8-4-5-10-15(13)21-3)19-16(20)14-9-6-7-11-17(14,2)18;/h4-5,8,10,12,14H,6-7,9,11,18H2,1-3H3,(H,19,20);1H. The number of nitrogens with two attached hydrogens (primary N) is 1. The average molecular weight is 327 g/mol. The molecule has 124 valence electrons. The molecule has 4 nitrogen and oxygen atoms in total. The van der Waals surface area contributed by atoms with Crippen LogP contribution < -0.4 is 15.8 Å². The Kier molecular flexibility index (Phi) is 6.69. The van der Waals surface area contributed by atoms with Crippen molar-refractivity contribution < 1.29 is 9.53 Å². The summed E-state index contributed by atoms with van der Waals surface area (Å²) in [5, 5.41) is 3.10. The lowest BCUT2D eigenvalue weighted by atomic mass is 9.74. The molecule has 0 aromatic heterocycles. The molecule has 0 radical (unpaired) electrons. The van der Waals surface area contributed by atoms with Gasteiger partial charge in [0.2, 0.25) is 5.91 Å². The Hall–Kier alpha value is -1.26. The third-order valence-corrected chi connectivity index (χ3v) is 4.53. The van der Waals surface area contributed by atoms with E-state index < -0.39 is 5.54 Å². The van der Waals surface area contributed by atoms with Crippen molar-refractivity contribution in [2.24, 2.45) is 11.7 Å². The highest BCUT2D eigenvalue weighted by atomic mass is 35.5. The predicted molar refractivity (Wildman–Crippen MR) is 91.4 cm³/mol. The van der Waals surface area contributed by atoms with E-state index >= 15 is 0 Å². The van der Waals surface area contributed by atoms with Crippen LogP contribution in [-0.4, -0.2) is 18.6 Å². The summed E-state index contributed by atoms with van der Waals surface area (Å²) >= 11 is 0. The number of hydrogen-bond donors (Lipinski definition) is 2. The summed E-state index contributed by atoms with van der Waals surface area (Å²) in [6, 6.07) is 7.67. The zero-order chi connectivity index (χ0) is 15.5. The van der Waals surface area contributed by atoms with Gasteiger partial charge in [0.05, 0.1) is 19.1 Å². The Morgan fingerprint density at radius 2 is 2.09 bits per heavy atom. The highest BCUT2D eigenvalue weighted by molar-refractivity contribution is 5.85. The number of para-hydroxylation sites is 1. The Labute approximate surface area is 139 Å². The van der Waals surface area contributed by atoms with Crippen molar-refractivity contribution >= 4 is 18.3 Å². The van der Waals surface area contributed by atoms with Gasteiger partial charge in [-0.25, -0.2) is 0 Å². The first-order valence-electron chi connectivity index (χ1n) is 7.68. The van der Waals surface area contributed by atoms with Crippen LogP contribution in [0.2, 0.25) is 0 Å². The van der Waals surface area contributed by atoms with Crippen LogP contribution in [0.3, 0.4) is 0 Å². The van der Waals surface area contributed by atoms with Gasteiger partial charge in [0.15, 0.2) is 0 Å². The van der Waals surface area contributed by atoms with E-state index in [-0.39, 0.29) is 30.3 Å². The molecule has 0 aliphatic heterocycles. The van der Waals surface area contributed by atoms with Crippen molar-refractivity contribution in [1.29, 1.82) is 0 Å². The smallest absolute Gasteiger partial charge is 0.225 e. The lowest BCUT2D eigenvalue weighted by Crippen LogP contribution is -2.53. The molecule has 0 saturated heterocycles. The van der Waals surface area contributed by atoms with Crippen LogP contribution in [0, 0.1) is 5.92 Å². The van der Waals surface area contributed by atoms with E-state index in [1.54, 1.807) is 7.11 Å². The zero-order valence-corrected chi connectivity index (χ0v) is 14.4. The lowest BCUT2D eigenvalue weighted by Gasteiger charge is -2.37. The van der Waals surface area contributed by atoms with Gasteiger partial charge >= 0.3 is 0 Å². The molecule has 1 amide bonds. The summed E-state index contributed by atoms with van der Waals surface area (Å²) in [5.74, 6) is 0.742. The van der Waals surface area contributed by atoms with Crippen LogP contribution in [-0.2, 0) is 4.79 Å². The Bertz CT molecular complexity index is 505. The molecule has 22 heavy (non-hydrogen) atoms. The van der Waals surface area contributed by atoms with Crippen molar-refractivity contribution in [3.8, 4) is 5.75 Å². The Balaban J connectivity index is 0.00000242. The number of benzene rings is 1. The summed E-state index contributed by atoms with van der Waals surface area (Å²) in [4.78, 5) is 12.6. The molecule has 1 aliphatic rings. The van der Waals surface area contributed by atoms with Crippen molar-refractivity contribution in [3.63, 3.8) is 0 Å². The molecule has 5 heteroatoms. The quantitative estimate of drug-likeness (QED) is 0.893. The van der Waals surface area contributed by atoms with Crippen molar-refractivity contribution in [2.75, 3.05) is 7.11 Å². The maximum Gasteiger partial charge on any atom is 0.225 e. The van der Waals surface area contributed by atoms with E-state index in [2.05, 4.69) is 5.32 Å². The number of carbonyl (C=O) groups is 1. The fourth-order valence-corrected chi connectivity index (χ4v) is 3.20. The van der Waals surface area contributed by atoms with Crippen LogP contribution in [0.5, 0.6) is 5.75 Å². The lowest BCUT2D eigenvalue weighted by molar-refractivity contribution is -0.128. The number of rotatable bonds is 4. The summed E-state index contributed by atoms with van der Waals surface area (Å²) in [7, 11) is 1.64. The molecular weight excluding hydrogens is 300 g/mol. The van der Waals surface area contributed by atoms with E-state index in [0.29, 0.717) is 0 Å². The van der Waals surface area contributed by atoms with Crippen molar-refractivity contribution in [2.45, 2.75) is 51.1 Å². The van der Waals surface area contributed by atoms with Gasteiger partial charge in [0.25, 0.3) is 0 Å². The average Bonchev–Trinajstić information content (AvgIpc) is 2.46. The third-order valence-electron chi connectivity index (χ3n) is 4.53. The number of halogens is 1. The topological polar surface area (TPSA) is 64.3 Å². The summed E-state index contributed by atoms with van der Waals surface area (Å²) in [6.45, 7) is 3.97. The van der Waals surface area contributed by atoms with Crippen LogP contribution in [0.1, 0.15) is 51.1 Å². The second-order valence-electron chi connectivity index (χ2n) is 6.28. The zero-order valence-electron chi connectivity index (χ0n) is 13.6. The Morgan fingerprint density at radius 3 is 2.73 bits per heavy atom. The van der Waals surface area contributed by atoms with E-state index in [9.17, 15) is 4.79 Å². The molecule has 3 unspecified atom stereocenters. The van der Waals surface area contributed by atoms with Gasteiger partial charge in [-0.05, 0) is 32.8 Å². The van der Waals surface area contributed by atoms with Crippen LogP contribution in [0.25, 0.3) is 0 Å². The first kappa shape index (κ1) is 18.8. The highest BCUT2D eigenvalue weighted by Gasteiger charge is 2.38. The molecule has 1 aromatic rings. The van der Waals surface area contributed by atoms with Gasteiger partial charge in [0, 0.05) is 11.1 Å². The summed E-state index contributed by atoms with van der Waals surface area (Å²) in [6.07, 6.45) is 3.97. The number of carbonyl (C=O) groups excluding carboxylic acids is 1. The van der Waals surface area contributed by atoms with E-state index in [1.165, 1.54) is 0 Å². The number of hydrogen-bond acceptors (Lipinski definition) is 3. The van der Waals surface area contributed by atoms with Crippen molar-refractivity contribution in [3.05, 3.63) is 29.8 Å². The molecule has 1 aromatic carbocycles. The van der Waals surface area contributed by atoms with E-state index in [0.717, 1.165) is 37.0 Å². The fraction of sp³-hybridized carbons (Fsp3) is 0.588. The number of amides is 1. The minimum absolute atomic E-state index is 0. The van der Waals surface area contributed by atoms with Crippen LogP contribution in [0.15, 0.2) is 24.3 Å². The van der Waals surface area contributed by atoms with Gasteiger partial charge in [0.1, 0.15) is 5.75 Å². The molecule has 3 atom stereocenters. The molecule has 0 bridgehead atoms. The third kappa shape index (κ3) is 4.14. The first-order chi connectivity index (χ1) is 9.95. The molecule has 1 aliphatic carbocycles. The minimum atomic E-state index is -0.400. The second-order valence-corrected chi connectivity index (χ2v) is 6.28. The molecule has 1 fully saturated rings. The Morgan fingerprint density at radius 1 is 1.41 bits per heavy atom. The summed E-state index contributed by atoms with van der Waals surface area (Å²) < 4.78 is 5.36. The minimum Gasteiger partial charge on any atom is -0.496 e. The first-order valence-corrected chi connectivity index (χ1v) is 7.68. The molecule has 2 rings (SSSR count). The molecule has 0 heterocycles. The molecular formula is C17H27ClN2O2. The maximum absolute atomic E-state index is 12.6. The number of ether oxygens (including phenoxy) is 1. The highest BCUT2D eigenvalue weighted by Crippen LogP contribution is 2.32. The molecule has 1 saturated carbocycles. The SMILES string of the molecule is COc1ccccc1C(C)NC(=O)C1CCCCC1(C)N.Cl. The van der Waals surface area contributed by atoms with E-state index in [1.807, 2.05) is 38.1 Å². The van der Waals surface area contributed by atoms with E-state index in [4.69, 9.17) is 10.5 Å². The number of methoxy groups -OCH3 is 1. The van der Waals surface area contributed by atoms with Crippen molar-refractivity contribution in [1.82, 2.24) is 5.32 Å².